The maximum absolute atomic E-state index is 12.3. The molecule has 1 aromatic heterocycles. The maximum atomic E-state index is 12.3. The molecule has 1 unspecified atom stereocenters. The van der Waals surface area contributed by atoms with Crippen LogP contribution >= 0.6 is 11.3 Å². The van der Waals surface area contributed by atoms with E-state index in [9.17, 15) is 9.59 Å². The molecule has 0 spiro atoms. The molecule has 0 fully saturated rings. The Kier molecular flexibility index (Phi) is 8.64. The summed E-state index contributed by atoms with van der Waals surface area (Å²) in [4.78, 5) is 24.8. The molecule has 2 rings (SSSR count). The second-order valence-electron chi connectivity index (χ2n) is 5.75. The van der Waals surface area contributed by atoms with Crippen LogP contribution in [0.5, 0.6) is 11.5 Å². The predicted molar refractivity (Wildman–Crippen MR) is 104 cm³/mol. The molecule has 7 heteroatoms. The van der Waals surface area contributed by atoms with Crippen molar-refractivity contribution in [1.82, 2.24) is 5.32 Å². The van der Waals surface area contributed by atoms with Crippen LogP contribution in [0, 0.1) is 0 Å². The molecule has 27 heavy (non-hydrogen) atoms. The number of ether oxygens (including phenoxy) is 3. The summed E-state index contributed by atoms with van der Waals surface area (Å²) < 4.78 is 16.0. The molecule has 1 aromatic carbocycles. The van der Waals surface area contributed by atoms with Crippen molar-refractivity contribution in [2.45, 2.75) is 32.2 Å². The number of amides is 1. The molecule has 0 bridgehead atoms. The quantitative estimate of drug-likeness (QED) is 0.467. The number of hydrogen-bond acceptors (Lipinski definition) is 6. The topological polar surface area (TPSA) is 73.9 Å². The van der Waals surface area contributed by atoms with Gasteiger partial charge in [-0.2, -0.15) is 0 Å². The second-order valence-corrected chi connectivity index (χ2v) is 6.73. The van der Waals surface area contributed by atoms with Crippen molar-refractivity contribution >= 4 is 23.2 Å². The fourth-order valence-electron chi connectivity index (χ4n) is 2.49. The largest absolute Gasteiger partial charge is 0.490 e. The van der Waals surface area contributed by atoms with E-state index in [4.69, 9.17) is 14.2 Å². The number of benzene rings is 1. The summed E-state index contributed by atoms with van der Waals surface area (Å²) in [5.74, 6) is 0.880. The molecule has 6 nitrogen and oxygen atoms in total. The molecule has 0 radical (unpaired) electrons. The van der Waals surface area contributed by atoms with Gasteiger partial charge in [0, 0.05) is 11.3 Å². The molecule has 0 saturated carbocycles. The Bertz CT molecular complexity index is 717. The predicted octanol–water partition coefficient (Wildman–Crippen LogP) is 3.73. The third-order valence-electron chi connectivity index (χ3n) is 3.78. The average molecular weight is 391 g/mol. The van der Waals surface area contributed by atoms with Crippen LogP contribution in [0.1, 0.15) is 37.1 Å². The van der Waals surface area contributed by atoms with Crippen molar-refractivity contribution in [1.29, 1.82) is 0 Å². The second kappa shape index (κ2) is 11.2. The maximum Gasteiger partial charge on any atom is 0.307 e. The lowest BCUT2D eigenvalue weighted by molar-refractivity contribution is -0.141. The van der Waals surface area contributed by atoms with E-state index in [1.54, 1.807) is 0 Å². The van der Waals surface area contributed by atoms with Gasteiger partial charge in [0.15, 0.2) is 11.5 Å². The summed E-state index contributed by atoms with van der Waals surface area (Å²) in [6, 6.07) is 10.9. The van der Waals surface area contributed by atoms with Crippen molar-refractivity contribution in [3.05, 3.63) is 46.7 Å². The molecule has 1 atom stereocenters. The molecular formula is C20H25NO5S. The number of carbonyl (C=O) groups is 2. The zero-order chi connectivity index (χ0) is 19.5. The molecule has 1 N–H and O–H groups in total. The van der Waals surface area contributed by atoms with Gasteiger partial charge in [-0.05, 0) is 36.9 Å². The summed E-state index contributed by atoms with van der Waals surface area (Å²) in [5, 5.41) is 4.82. The highest BCUT2D eigenvalue weighted by Gasteiger charge is 2.19. The van der Waals surface area contributed by atoms with E-state index < -0.39 is 0 Å². The first-order chi connectivity index (χ1) is 13.1. The number of thiophene rings is 1. The Morgan fingerprint density at radius 1 is 1.11 bits per heavy atom. The monoisotopic (exact) mass is 391 g/mol. The van der Waals surface area contributed by atoms with Crippen molar-refractivity contribution < 1.29 is 23.8 Å². The highest BCUT2D eigenvalue weighted by molar-refractivity contribution is 7.10. The van der Waals surface area contributed by atoms with E-state index in [1.165, 1.54) is 18.4 Å². The van der Waals surface area contributed by atoms with Crippen LogP contribution in [-0.4, -0.2) is 32.2 Å². The minimum absolute atomic E-state index is 0.112. The number of carbonyl (C=O) groups excluding carboxylic acids is 2. The smallest absolute Gasteiger partial charge is 0.307 e. The van der Waals surface area contributed by atoms with E-state index in [-0.39, 0.29) is 24.3 Å². The Balaban J connectivity index is 1.80. The Morgan fingerprint density at radius 3 is 2.48 bits per heavy atom. The van der Waals surface area contributed by atoms with Gasteiger partial charge < -0.3 is 19.5 Å². The third-order valence-corrected chi connectivity index (χ3v) is 4.76. The Hall–Kier alpha value is -2.54. The van der Waals surface area contributed by atoms with Crippen molar-refractivity contribution in [3.8, 4) is 11.5 Å². The summed E-state index contributed by atoms with van der Waals surface area (Å²) in [6.45, 7) is 2.88. The molecule has 0 aliphatic rings. The standard InChI is InChI=1S/C20H25NO5S/c1-3-25-16-8-4-5-9-17(16)26-12-6-11-19(22)21-15(14-20(23)24-2)18-10-7-13-27-18/h4-5,7-10,13,15H,3,6,11-12,14H2,1-2H3,(H,21,22). The van der Waals surface area contributed by atoms with E-state index in [0.29, 0.717) is 37.6 Å². The van der Waals surface area contributed by atoms with Crippen molar-refractivity contribution in [2.24, 2.45) is 0 Å². The first kappa shape index (κ1) is 20.8. The lowest BCUT2D eigenvalue weighted by atomic mass is 10.1. The van der Waals surface area contributed by atoms with Gasteiger partial charge >= 0.3 is 5.97 Å². The molecule has 0 aliphatic heterocycles. The SMILES string of the molecule is CCOc1ccccc1OCCCC(=O)NC(CC(=O)OC)c1cccs1. The van der Waals surface area contributed by atoms with Gasteiger partial charge in [-0.3, -0.25) is 9.59 Å². The average Bonchev–Trinajstić information content (AvgIpc) is 3.21. The zero-order valence-electron chi connectivity index (χ0n) is 15.6. The third kappa shape index (κ3) is 6.94. The first-order valence-corrected chi connectivity index (χ1v) is 9.76. The number of hydrogen-bond donors (Lipinski definition) is 1. The molecule has 0 saturated heterocycles. The van der Waals surface area contributed by atoms with Crippen LogP contribution in [0.2, 0.25) is 0 Å². The fraction of sp³-hybridized carbons (Fsp3) is 0.400. The van der Waals surface area contributed by atoms with E-state index in [0.717, 1.165) is 4.88 Å². The van der Waals surface area contributed by atoms with E-state index in [1.807, 2.05) is 48.7 Å². The number of nitrogens with one attached hydrogen (secondary N) is 1. The van der Waals surface area contributed by atoms with Crippen LogP contribution in [-0.2, 0) is 14.3 Å². The van der Waals surface area contributed by atoms with Crippen molar-refractivity contribution in [2.75, 3.05) is 20.3 Å². The molecule has 146 valence electrons. The molecule has 2 aromatic rings. The van der Waals surface area contributed by atoms with Crippen LogP contribution in [0.4, 0.5) is 0 Å². The molecular weight excluding hydrogens is 366 g/mol. The van der Waals surface area contributed by atoms with E-state index >= 15 is 0 Å². The lowest BCUT2D eigenvalue weighted by Gasteiger charge is -2.16. The number of rotatable bonds is 11. The van der Waals surface area contributed by atoms with Crippen LogP contribution in [0.3, 0.4) is 0 Å². The van der Waals surface area contributed by atoms with Gasteiger partial charge in [0.05, 0.1) is 32.8 Å². The minimum Gasteiger partial charge on any atom is -0.490 e. The Labute approximate surface area is 163 Å². The lowest BCUT2D eigenvalue weighted by Crippen LogP contribution is -2.30. The highest BCUT2D eigenvalue weighted by Crippen LogP contribution is 2.26. The van der Waals surface area contributed by atoms with Gasteiger partial charge in [-0.15, -0.1) is 11.3 Å². The van der Waals surface area contributed by atoms with Crippen LogP contribution in [0.25, 0.3) is 0 Å². The number of para-hydroxylation sites is 2. The normalized spacial score (nSPS) is 11.5. The molecule has 1 amide bonds. The van der Waals surface area contributed by atoms with E-state index in [2.05, 4.69) is 5.32 Å². The zero-order valence-corrected chi connectivity index (χ0v) is 16.4. The van der Waals surface area contributed by atoms with Crippen molar-refractivity contribution in [3.63, 3.8) is 0 Å². The highest BCUT2D eigenvalue weighted by atomic mass is 32.1. The number of methoxy groups -OCH3 is 1. The van der Waals surface area contributed by atoms with Gasteiger partial charge in [-0.1, -0.05) is 18.2 Å². The van der Waals surface area contributed by atoms with Gasteiger partial charge in [0.1, 0.15) is 0 Å². The van der Waals surface area contributed by atoms with Crippen LogP contribution in [0.15, 0.2) is 41.8 Å². The molecule has 1 heterocycles. The first-order valence-electron chi connectivity index (χ1n) is 8.88. The Morgan fingerprint density at radius 2 is 1.85 bits per heavy atom. The molecule has 0 aliphatic carbocycles. The summed E-state index contributed by atoms with van der Waals surface area (Å²) >= 11 is 1.50. The summed E-state index contributed by atoms with van der Waals surface area (Å²) in [6.07, 6.45) is 0.975. The fourth-order valence-corrected chi connectivity index (χ4v) is 3.27. The minimum atomic E-state index is -0.371. The van der Waals surface area contributed by atoms with Crippen LogP contribution < -0.4 is 14.8 Å². The van der Waals surface area contributed by atoms with Gasteiger partial charge in [-0.25, -0.2) is 0 Å². The van der Waals surface area contributed by atoms with Gasteiger partial charge in [0.2, 0.25) is 5.91 Å². The summed E-state index contributed by atoms with van der Waals surface area (Å²) in [5.41, 5.74) is 0. The van der Waals surface area contributed by atoms with Gasteiger partial charge in [0.25, 0.3) is 0 Å². The summed E-state index contributed by atoms with van der Waals surface area (Å²) in [7, 11) is 1.34. The number of esters is 1.